The molecule has 10 heavy (non-hydrogen) atoms. The molecule has 0 radical (unpaired) electrons. The van der Waals surface area contributed by atoms with Gasteiger partial charge in [0, 0.05) is 0 Å². The van der Waals surface area contributed by atoms with Gasteiger partial charge >= 0.3 is 0 Å². The van der Waals surface area contributed by atoms with E-state index >= 15 is 0 Å². The molecule has 0 unspecified atom stereocenters. The Hall–Kier alpha value is -0.560. The maximum Gasteiger partial charge on any atom is 0.0970 e. The summed E-state index contributed by atoms with van der Waals surface area (Å²) in [6, 6.07) is 0. The van der Waals surface area contributed by atoms with Crippen LogP contribution < -0.4 is 0 Å². The van der Waals surface area contributed by atoms with Crippen molar-refractivity contribution in [3.05, 3.63) is 24.3 Å². The summed E-state index contributed by atoms with van der Waals surface area (Å²) in [4.78, 5) is 0. The molecule has 0 aliphatic carbocycles. The Labute approximate surface area is 64.2 Å². The first-order valence-corrected chi connectivity index (χ1v) is 3.64. The van der Waals surface area contributed by atoms with Crippen molar-refractivity contribution in [1.82, 2.24) is 0 Å². The summed E-state index contributed by atoms with van der Waals surface area (Å²) in [6.07, 6.45) is 8.35. The van der Waals surface area contributed by atoms with Crippen LogP contribution in [0.1, 0.15) is 6.92 Å². The van der Waals surface area contributed by atoms with Gasteiger partial charge in [0.05, 0.1) is 27.7 Å². The highest BCUT2D eigenvalue weighted by Gasteiger charge is 2.00. The van der Waals surface area contributed by atoms with E-state index in [1.165, 1.54) is 0 Å². The van der Waals surface area contributed by atoms with Gasteiger partial charge in [0.15, 0.2) is 0 Å². The summed E-state index contributed by atoms with van der Waals surface area (Å²) in [5.74, 6) is 0. The number of hydrogen-bond acceptors (Lipinski definition) is 0. The van der Waals surface area contributed by atoms with Crippen LogP contribution in [-0.2, 0) is 0 Å². The second-order valence-corrected chi connectivity index (χ2v) is 3.43. The van der Waals surface area contributed by atoms with Crippen molar-refractivity contribution in [2.24, 2.45) is 0 Å². The van der Waals surface area contributed by atoms with Crippen LogP contribution in [0.25, 0.3) is 0 Å². The van der Waals surface area contributed by atoms with Gasteiger partial charge in [-0.15, -0.1) is 0 Å². The lowest BCUT2D eigenvalue weighted by molar-refractivity contribution is -0.864. The summed E-state index contributed by atoms with van der Waals surface area (Å²) in [6.45, 7) is 3.11. The first-order valence-electron chi connectivity index (χ1n) is 3.64. The summed E-state index contributed by atoms with van der Waals surface area (Å²) >= 11 is 0. The maximum absolute atomic E-state index is 2.18. The molecule has 0 atom stereocenters. The molecule has 0 aromatic heterocycles. The van der Waals surface area contributed by atoms with E-state index in [0.717, 1.165) is 11.0 Å². The number of rotatable bonds is 3. The number of nitrogens with zero attached hydrogens (tertiary/aromatic N) is 1. The van der Waals surface area contributed by atoms with Gasteiger partial charge in [-0.1, -0.05) is 18.2 Å². The van der Waals surface area contributed by atoms with Crippen molar-refractivity contribution in [2.45, 2.75) is 6.92 Å². The van der Waals surface area contributed by atoms with Crippen LogP contribution in [0.2, 0.25) is 0 Å². The predicted octanol–water partition coefficient (Wildman–Crippen LogP) is 1.82. The standard InChI is InChI=1S/C9H18N/c1-5-6-7-8-9-10(2,3)4/h5-8H,9H2,1-4H3/q+1. The highest BCUT2D eigenvalue weighted by Crippen LogP contribution is 1.89. The SMILES string of the molecule is CC=CC=CC[N+](C)(C)C. The van der Waals surface area contributed by atoms with Crippen LogP contribution in [0, 0.1) is 0 Å². The molecule has 0 amide bonds. The molecule has 0 aromatic rings. The minimum Gasteiger partial charge on any atom is -0.328 e. The molecule has 0 saturated heterocycles. The van der Waals surface area contributed by atoms with Gasteiger partial charge in [0.2, 0.25) is 0 Å². The second kappa shape index (κ2) is 4.29. The Balaban J connectivity index is 3.54. The lowest BCUT2D eigenvalue weighted by Gasteiger charge is -2.21. The molecule has 1 nitrogen and oxygen atoms in total. The largest absolute Gasteiger partial charge is 0.328 e. The average Bonchev–Trinajstić information content (AvgIpc) is 1.78. The maximum atomic E-state index is 2.18. The second-order valence-electron chi connectivity index (χ2n) is 3.43. The van der Waals surface area contributed by atoms with Crippen molar-refractivity contribution in [3.8, 4) is 0 Å². The van der Waals surface area contributed by atoms with Crippen LogP contribution in [0.4, 0.5) is 0 Å². The fourth-order valence-corrected chi connectivity index (χ4v) is 0.567. The van der Waals surface area contributed by atoms with Crippen molar-refractivity contribution >= 4 is 0 Å². The molecule has 0 aliphatic rings. The zero-order valence-electron chi connectivity index (χ0n) is 7.46. The third kappa shape index (κ3) is 7.44. The van der Waals surface area contributed by atoms with Crippen molar-refractivity contribution in [2.75, 3.05) is 27.7 Å². The predicted molar refractivity (Wildman–Crippen MR) is 46.9 cm³/mol. The van der Waals surface area contributed by atoms with E-state index in [2.05, 4.69) is 39.4 Å². The van der Waals surface area contributed by atoms with Gasteiger partial charge in [-0.05, 0) is 13.0 Å². The Morgan fingerprint density at radius 2 is 1.70 bits per heavy atom. The molecule has 1 heteroatoms. The molecule has 0 bridgehead atoms. The monoisotopic (exact) mass is 140 g/mol. The topological polar surface area (TPSA) is 0 Å². The van der Waals surface area contributed by atoms with E-state index in [1.807, 2.05) is 13.0 Å². The van der Waals surface area contributed by atoms with Crippen molar-refractivity contribution in [3.63, 3.8) is 0 Å². The number of allylic oxidation sites excluding steroid dienone is 3. The molecular formula is C9H18N+. The molecule has 0 N–H and O–H groups in total. The molecule has 0 rings (SSSR count). The molecule has 0 heterocycles. The Morgan fingerprint density at radius 1 is 1.10 bits per heavy atom. The summed E-state index contributed by atoms with van der Waals surface area (Å²) in [7, 11) is 6.54. The van der Waals surface area contributed by atoms with Crippen LogP contribution in [0.5, 0.6) is 0 Å². The first-order chi connectivity index (χ1) is 4.56. The summed E-state index contributed by atoms with van der Waals surface area (Å²) in [5.41, 5.74) is 0. The molecule has 0 aliphatic heterocycles. The van der Waals surface area contributed by atoms with Gasteiger partial charge in [-0.25, -0.2) is 0 Å². The number of quaternary nitrogens is 1. The molecule has 0 aromatic carbocycles. The normalized spacial score (nSPS) is 13.6. The Kier molecular flexibility index (Phi) is 4.05. The van der Waals surface area contributed by atoms with Gasteiger partial charge < -0.3 is 4.48 Å². The van der Waals surface area contributed by atoms with E-state index < -0.39 is 0 Å². The van der Waals surface area contributed by atoms with Crippen LogP contribution in [-0.4, -0.2) is 32.2 Å². The number of likely N-dealkylation sites (N-methyl/N-ethyl adjacent to an activating group) is 1. The Bertz CT molecular complexity index is 126. The zero-order valence-corrected chi connectivity index (χ0v) is 7.46. The van der Waals surface area contributed by atoms with Crippen molar-refractivity contribution < 1.29 is 4.48 Å². The van der Waals surface area contributed by atoms with E-state index in [0.29, 0.717) is 0 Å². The summed E-state index contributed by atoms with van der Waals surface area (Å²) < 4.78 is 0.994. The summed E-state index contributed by atoms with van der Waals surface area (Å²) in [5, 5.41) is 0. The highest BCUT2D eigenvalue weighted by molar-refractivity contribution is 5.00. The minimum absolute atomic E-state index is 0.994. The van der Waals surface area contributed by atoms with Crippen LogP contribution in [0.15, 0.2) is 24.3 Å². The van der Waals surface area contributed by atoms with Gasteiger partial charge in [-0.3, -0.25) is 0 Å². The van der Waals surface area contributed by atoms with E-state index in [-0.39, 0.29) is 0 Å². The molecule has 0 saturated carbocycles. The third-order valence-electron chi connectivity index (χ3n) is 1.09. The van der Waals surface area contributed by atoms with Gasteiger partial charge in [0.1, 0.15) is 0 Å². The first kappa shape index (κ1) is 9.44. The van der Waals surface area contributed by atoms with Crippen molar-refractivity contribution in [1.29, 1.82) is 0 Å². The molecule has 0 fully saturated rings. The number of hydrogen-bond donors (Lipinski definition) is 0. The molecule has 58 valence electrons. The van der Waals surface area contributed by atoms with E-state index in [1.54, 1.807) is 0 Å². The lowest BCUT2D eigenvalue weighted by Crippen LogP contribution is -2.34. The fraction of sp³-hybridized carbons (Fsp3) is 0.556. The quantitative estimate of drug-likeness (QED) is 0.414. The molecule has 0 spiro atoms. The van der Waals surface area contributed by atoms with E-state index in [9.17, 15) is 0 Å². The van der Waals surface area contributed by atoms with Gasteiger partial charge in [0.25, 0.3) is 0 Å². The van der Waals surface area contributed by atoms with Crippen LogP contribution >= 0.6 is 0 Å². The molecular weight excluding hydrogens is 122 g/mol. The third-order valence-corrected chi connectivity index (χ3v) is 1.09. The average molecular weight is 140 g/mol. The highest BCUT2D eigenvalue weighted by atomic mass is 15.3. The minimum atomic E-state index is 0.994. The van der Waals surface area contributed by atoms with E-state index in [4.69, 9.17) is 0 Å². The Morgan fingerprint density at radius 3 is 2.10 bits per heavy atom. The fourth-order valence-electron chi connectivity index (χ4n) is 0.567. The van der Waals surface area contributed by atoms with Gasteiger partial charge in [-0.2, -0.15) is 0 Å². The zero-order chi connectivity index (χ0) is 8.04. The van der Waals surface area contributed by atoms with Crippen LogP contribution in [0.3, 0.4) is 0 Å². The smallest absolute Gasteiger partial charge is 0.0970 e. The lowest BCUT2D eigenvalue weighted by atomic mass is 10.4.